The monoisotopic (exact) mass is 255 g/mol. The highest BCUT2D eigenvalue weighted by Gasteiger charge is 2.17. The third-order valence-corrected chi connectivity index (χ3v) is 4.17. The molecule has 3 nitrogen and oxygen atoms in total. The molecule has 0 spiro atoms. The van der Waals surface area contributed by atoms with E-state index in [0.29, 0.717) is 10.6 Å². The van der Waals surface area contributed by atoms with Gasteiger partial charge in [-0.05, 0) is 25.3 Å². The Morgan fingerprint density at radius 3 is 2.47 bits per heavy atom. The third-order valence-electron chi connectivity index (χ3n) is 2.99. The lowest BCUT2D eigenvalue weighted by Crippen LogP contribution is -2.00. The molecule has 0 amide bonds. The third kappa shape index (κ3) is 3.73. The largest absolute Gasteiger partial charge is 0.478 e. The molecular formula is C13H21NO2S. The lowest BCUT2D eigenvalue weighted by molar-refractivity contribution is 0.0697. The van der Waals surface area contributed by atoms with E-state index in [0.717, 1.165) is 23.3 Å². The van der Waals surface area contributed by atoms with Crippen molar-refractivity contribution in [2.75, 3.05) is 5.73 Å². The summed E-state index contributed by atoms with van der Waals surface area (Å²) in [5.41, 5.74) is 6.89. The van der Waals surface area contributed by atoms with Crippen molar-refractivity contribution in [1.29, 1.82) is 0 Å². The number of hydrogen-bond acceptors (Lipinski definition) is 3. The number of hydrogen-bond donors (Lipinski definition) is 2. The van der Waals surface area contributed by atoms with Crippen LogP contribution in [0.3, 0.4) is 0 Å². The lowest BCUT2D eigenvalue weighted by atomic mass is 10.1. The second kappa shape index (κ2) is 6.64. The quantitative estimate of drug-likeness (QED) is 0.727. The number of anilines is 1. The van der Waals surface area contributed by atoms with E-state index in [9.17, 15) is 4.79 Å². The fraction of sp³-hybridized carbons (Fsp3) is 0.615. The Hall–Kier alpha value is -1.03. The van der Waals surface area contributed by atoms with Gasteiger partial charge in [-0.25, -0.2) is 4.79 Å². The molecule has 0 aliphatic rings. The van der Waals surface area contributed by atoms with Crippen molar-refractivity contribution >= 4 is 22.3 Å². The molecule has 3 N–H and O–H groups in total. The summed E-state index contributed by atoms with van der Waals surface area (Å²) in [4.78, 5) is 12.1. The second-order valence-corrected chi connectivity index (χ2v) is 5.50. The molecule has 0 unspecified atom stereocenters. The van der Waals surface area contributed by atoms with Crippen LogP contribution in [-0.2, 0) is 6.42 Å². The number of carboxylic acid groups (broad SMARTS) is 1. The molecule has 0 fully saturated rings. The number of unbranched alkanes of at least 4 members (excludes halogenated alkanes) is 4. The predicted molar refractivity (Wildman–Crippen MR) is 72.9 cm³/mol. The normalized spacial score (nSPS) is 10.7. The highest BCUT2D eigenvalue weighted by molar-refractivity contribution is 7.16. The van der Waals surface area contributed by atoms with Gasteiger partial charge in [0, 0.05) is 4.88 Å². The van der Waals surface area contributed by atoms with Crippen molar-refractivity contribution in [1.82, 2.24) is 0 Å². The minimum absolute atomic E-state index is 0.304. The average molecular weight is 255 g/mol. The predicted octanol–water partition coefficient (Wildman–Crippen LogP) is 3.85. The second-order valence-electron chi connectivity index (χ2n) is 4.36. The Kier molecular flexibility index (Phi) is 5.48. The fourth-order valence-corrected chi connectivity index (χ4v) is 3.09. The van der Waals surface area contributed by atoms with Gasteiger partial charge >= 0.3 is 5.97 Å². The van der Waals surface area contributed by atoms with Crippen LogP contribution in [0.15, 0.2) is 0 Å². The van der Waals surface area contributed by atoms with Crippen LogP contribution < -0.4 is 5.73 Å². The van der Waals surface area contributed by atoms with Gasteiger partial charge in [-0.1, -0.05) is 32.6 Å². The zero-order valence-corrected chi connectivity index (χ0v) is 11.4. The van der Waals surface area contributed by atoms with E-state index in [4.69, 9.17) is 10.8 Å². The molecule has 1 aromatic rings. The summed E-state index contributed by atoms with van der Waals surface area (Å²) < 4.78 is 0. The maximum atomic E-state index is 11.0. The first-order valence-electron chi connectivity index (χ1n) is 6.19. The maximum absolute atomic E-state index is 11.0. The highest BCUT2D eigenvalue weighted by atomic mass is 32.1. The number of nitrogens with two attached hydrogens (primary N) is 1. The standard InChI is InChI=1S/C13H21NO2S/c1-3-4-5-6-7-8-10-9(2)11(13(15)16)12(14)17-10/h3-8,14H2,1-2H3,(H,15,16). The summed E-state index contributed by atoms with van der Waals surface area (Å²) in [6, 6.07) is 0. The van der Waals surface area contributed by atoms with Crippen LogP contribution in [0.5, 0.6) is 0 Å². The van der Waals surface area contributed by atoms with Crippen molar-refractivity contribution in [3.63, 3.8) is 0 Å². The summed E-state index contributed by atoms with van der Waals surface area (Å²) >= 11 is 1.43. The molecule has 4 heteroatoms. The highest BCUT2D eigenvalue weighted by Crippen LogP contribution is 2.31. The molecule has 1 heterocycles. The average Bonchev–Trinajstić information content (AvgIpc) is 2.53. The molecule has 0 aromatic carbocycles. The molecule has 1 rings (SSSR count). The molecule has 0 saturated heterocycles. The van der Waals surface area contributed by atoms with Crippen LogP contribution in [0, 0.1) is 6.92 Å². The number of carbonyl (C=O) groups is 1. The van der Waals surface area contributed by atoms with E-state index >= 15 is 0 Å². The summed E-state index contributed by atoms with van der Waals surface area (Å²) in [6.45, 7) is 4.06. The number of aryl methyl sites for hydroxylation is 1. The van der Waals surface area contributed by atoms with Gasteiger partial charge in [-0.2, -0.15) is 0 Å². The number of nitrogen functional groups attached to an aromatic ring is 1. The smallest absolute Gasteiger partial charge is 0.338 e. The SMILES string of the molecule is CCCCCCCc1sc(N)c(C(=O)O)c1C. The number of thiophene rings is 1. The van der Waals surface area contributed by atoms with E-state index in [1.54, 1.807) is 0 Å². The van der Waals surface area contributed by atoms with E-state index in [-0.39, 0.29) is 0 Å². The maximum Gasteiger partial charge on any atom is 0.338 e. The minimum atomic E-state index is -0.909. The Morgan fingerprint density at radius 1 is 1.29 bits per heavy atom. The van der Waals surface area contributed by atoms with E-state index < -0.39 is 5.97 Å². The summed E-state index contributed by atoms with van der Waals surface area (Å²) in [6.07, 6.45) is 7.09. The van der Waals surface area contributed by atoms with Gasteiger partial charge in [-0.3, -0.25) is 0 Å². The van der Waals surface area contributed by atoms with Gasteiger partial charge in [0.1, 0.15) is 5.00 Å². The fourth-order valence-electron chi connectivity index (χ4n) is 1.98. The first-order valence-corrected chi connectivity index (χ1v) is 7.00. The zero-order chi connectivity index (χ0) is 12.8. The first-order chi connectivity index (χ1) is 8.07. The molecule has 0 saturated carbocycles. The van der Waals surface area contributed by atoms with Gasteiger partial charge in [0.25, 0.3) is 0 Å². The summed E-state index contributed by atoms with van der Waals surface area (Å²) in [7, 11) is 0. The minimum Gasteiger partial charge on any atom is -0.478 e. The van der Waals surface area contributed by atoms with E-state index in [2.05, 4.69) is 6.92 Å². The Balaban J connectivity index is 2.55. The van der Waals surface area contributed by atoms with Crippen LogP contribution in [0.25, 0.3) is 0 Å². The van der Waals surface area contributed by atoms with Gasteiger partial charge < -0.3 is 10.8 Å². The molecular weight excluding hydrogens is 234 g/mol. The molecule has 96 valence electrons. The Bertz CT molecular complexity index is 385. The van der Waals surface area contributed by atoms with Crippen LogP contribution in [-0.4, -0.2) is 11.1 Å². The topological polar surface area (TPSA) is 63.3 Å². The number of aromatic carboxylic acids is 1. The molecule has 0 bridgehead atoms. The first kappa shape index (κ1) is 14.0. The van der Waals surface area contributed by atoms with Crippen LogP contribution in [0.2, 0.25) is 0 Å². The molecule has 0 radical (unpaired) electrons. The van der Waals surface area contributed by atoms with Gasteiger partial charge in [0.05, 0.1) is 5.56 Å². The van der Waals surface area contributed by atoms with E-state index in [1.807, 2.05) is 6.92 Å². The molecule has 1 aromatic heterocycles. The van der Waals surface area contributed by atoms with Crippen LogP contribution in [0.1, 0.15) is 59.8 Å². The lowest BCUT2D eigenvalue weighted by Gasteiger charge is -2.00. The van der Waals surface area contributed by atoms with Crippen molar-refractivity contribution in [3.8, 4) is 0 Å². The number of carboxylic acids is 1. The molecule has 0 aliphatic carbocycles. The van der Waals surface area contributed by atoms with Gasteiger partial charge in [0.15, 0.2) is 0 Å². The van der Waals surface area contributed by atoms with Gasteiger partial charge in [0.2, 0.25) is 0 Å². The van der Waals surface area contributed by atoms with Crippen molar-refractivity contribution in [2.24, 2.45) is 0 Å². The van der Waals surface area contributed by atoms with Crippen molar-refractivity contribution < 1.29 is 9.90 Å². The zero-order valence-electron chi connectivity index (χ0n) is 10.6. The Labute approximate surface area is 107 Å². The summed E-state index contributed by atoms with van der Waals surface area (Å²) in [5, 5.41) is 9.47. The number of rotatable bonds is 7. The Morgan fingerprint density at radius 2 is 1.94 bits per heavy atom. The van der Waals surface area contributed by atoms with Crippen molar-refractivity contribution in [3.05, 3.63) is 16.0 Å². The van der Waals surface area contributed by atoms with E-state index in [1.165, 1.54) is 37.0 Å². The summed E-state index contributed by atoms with van der Waals surface area (Å²) in [5.74, 6) is -0.909. The van der Waals surface area contributed by atoms with Crippen molar-refractivity contribution in [2.45, 2.75) is 52.4 Å². The van der Waals surface area contributed by atoms with Crippen LogP contribution in [0.4, 0.5) is 5.00 Å². The molecule has 17 heavy (non-hydrogen) atoms. The van der Waals surface area contributed by atoms with Gasteiger partial charge in [-0.15, -0.1) is 11.3 Å². The van der Waals surface area contributed by atoms with Crippen LogP contribution >= 0.6 is 11.3 Å². The molecule has 0 aliphatic heterocycles. The molecule has 0 atom stereocenters.